The van der Waals surface area contributed by atoms with Crippen LogP contribution in [0.25, 0.3) is 0 Å². The van der Waals surface area contributed by atoms with E-state index in [-0.39, 0.29) is 27.3 Å². The molecule has 0 unspecified atom stereocenters. The standard InChI is InChI=1S/C24H31ClN4O6S2/c1-27-12-14-28(15-13-27)36(31,32)20-7-5-19(6-8-20)26-24(30)18-4-3-11-29(17-18)37(33,34)21-9-10-23(35-2)22(25)16-21/h5-10,16,18H,3-4,11-15,17H2,1-2H3,(H,26,30)/t18-/m0/s1. The van der Waals surface area contributed by atoms with Crippen molar-refractivity contribution in [2.75, 3.05) is 58.7 Å². The zero-order valence-electron chi connectivity index (χ0n) is 20.8. The molecule has 13 heteroatoms. The van der Waals surface area contributed by atoms with E-state index in [1.165, 1.54) is 46.1 Å². The number of ether oxygens (including phenoxy) is 1. The Morgan fingerprint density at radius 1 is 0.919 bits per heavy atom. The highest BCUT2D eigenvalue weighted by atomic mass is 35.5. The zero-order chi connectivity index (χ0) is 26.8. The summed E-state index contributed by atoms with van der Waals surface area (Å²) < 4.78 is 60.1. The fourth-order valence-electron chi connectivity index (χ4n) is 4.46. The normalized spacial score (nSPS) is 20.5. The minimum atomic E-state index is -3.85. The topological polar surface area (TPSA) is 116 Å². The Morgan fingerprint density at radius 3 is 2.16 bits per heavy atom. The summed E-state index contributed by atoms with van der Waals surface area (Å²) in [6.07, 6.45) is 1.07. The number of carbonyl (C=O) groups excluding carboxylic acids is 1. The number of nitrogens with one attached hydrogen (secondary N) is 1. The quantitative estimate of drug-likeness (QED) is 0.543. The number of halogens is 1. The van der Waals surface area contributed by atoms with Crippen molar-refractivity contribution in [1.82, 2.24) is 13.5 Å². The Bertz CT molecular complexity index is 1340. The van der Waals surface area contributed by atoms with Crippen LogP contribution in [0.15, 0.2) is 52.3 Å². The molecule has 2 aliphatic heterocycles. The third-order valence-electron chi connectivity index (χ3n) is 6.74. The molecule has 0 aromatic heterocycles. The summed E-state index contributed by atoms with van der Waals surface area (Å²) in [6.45, 7) is 2.55. The second-order valence-corrected chi connectivity index (χ2v) is 13.5. The highest BCUT2D eigenvalue weighted by molar-refractivity contribution is 7.89. The molecule has 0 radical (unpaired) electrons. The lowest BCUT2D eigenvalue weighted by atomic mass is 9.99. The number of benzene rings is 2. The van der Waals surface area contributed by atoms with Crippen molar-refractivity contribution in [3.05, 3.63) is 47.5 Å². The molecule has 2 aromatic rings. The lowest BCUT2D eigenvalue weighted by Crippen LogP contribution is -2.47. The molecule has 0 spiro atoms. The van der Waals surface area contributed by atoms with E-state index in [9.17, 15) is 21.6 Å². The first-order valence-electron chi connectivity index (χ1n) is 12.0. The molecule has 0 saturated carbocycles. The van der Waals surface area contributed by atoms with Crippen LogP contribution in [0, 0.1) is 5.92 Å². The van der Waals surface area contributed by atoms with Crippen LogP contribution in [0.1, 0.15) is 12.8 Å². The maximum atomic E-state index is 13.2. The van der Waals surface area contributed by atoms with Crippen molar-refractivity contribution in [2.45, 2.75) is 22.6 Å². The summed E-state index contributed by atoms with van der Waals surface area (Å²) in [5, 5.41) is 2.99. The SMILES string of the molecule is COc1ccc(S(=O)(=O)N2CCC[C@H](C(=O)Nc3ccc(S(=O)(=O)N4CCN(C)CC4)cc3)C2)cc1Cl. The van der Waals surface area contributed by atoms with E-state index in [0.717, 1.165) is 0 Å². The van der Waals surface area contributed by atoms with Gasteiger partial charge in [-0.3, -0.25) is 4.79 Å². The van der Waals surface area contributed by atoms with Crippen LogP contribution >= 0.6 is 11.6 Å². The first-order chi connectivity index (χ1) is 17.5. The monoisotopic (exact) mass is 570 g/mol. The van der Waals surface area contributed by atoms with E-state index in [0.29, 0.717) is 57.0 Å². The predicted octanol–water partition coefficient (Wildman–Crippen LogP) is 2.32. The minimum absolute atomic E-state index is 0.0354. The second-order valence-electron chi connectivity index (χ2n) is 9.22. The van der Waals surface area contributed by atoms with Gasteiger partial charge in [-0.05, 0) is 62.4 Å². The number of piperazine rings is 1. The molecule has 4 rings (SSSR count). The van der Waals surface area contributed by atoms with E-state index in [1.807, 2.05) is 7.05 Å². The van der Waals surface area contributed by atoms with Gasteiger partial charge in [-0.25, -0.2) is 16.8 Å². The van der Waals surface area contributed by atoms with Crippen LogP contribution in [-0.2, 0) is 24.8 Å². The minimum Gasteiger partial charge on any atom is -0.495 e. The van der Waals surface area contributed by atoms with E-state index < -0.39 is 26.0 Å². The Hall–Kier alpha value is -2.22. The summed E-state index contributed by atoms with van der Waals surface area (Å²) >= 11 is 6.12. The molecule has 202 valence electrons. The van der Waals surface area contributed by atoms with Gasteiger partial charge in [-0.1, -0.05) is 11.6 Å². The molecule has 37 heavy (non-hydrogen) atoms. The largest absolute Gasteiger partial charge is 0.495 e. The first-order valence-corrected chi connectivity index (χ1v) is 15.2. The van der Waals surface area contributed by atoms with Crippen molar-refractivity contribution in [3.8, 4) is 5.75 Å². The summed E-state index contributed by atoms with van der Waals surface area (Å²) in [6, 6.07) is 10.3. The molecule has 2 saturated heterocycles. The van der Waals surface area contributed by atoms with Gasteiger partial charge in [0.25, 0.3) is 0 Å². The molecule has 0 aliphatic carbocycles. The van der Waals surface area contributed by atoms with E-state index >= 15 is 0 Å². The molecule has 1 N–H and O–H groups in total. The van der Waals surface area contributed by atoms with Gasteiger partial charge in [-0.2, -0.15) is 8.61 Å². The molecule has 2 aliphatic rings. The van der Waals surface area contributed by atoms with Crippen LogP contribution in [0.2, 0.25) is 5.02 Å². The maximum absolute atomic E-state index is 13.2. The summed E-state index contributed by atoms with van der Waals surface area (Å²) in [4.78, 5) is 15.3. The summed E-state index contributed by atoms with van der Waals surface area (Å²) in [5.41, 5.74) is 0.448. The number of sulfonamides is 2. The van der Waals surface area contributed by atoms with Crippen molar-refractivity contribution in [2.24, 2.45) is 5.92 Å². The average Bonchev–Trinajstić information content (AvgIpc) is 2.89. The molecular formula is C24H31ClN4O6S2. The molecule has 2 aromatic carbocycles. The fourth-order valence-corrected chi connectivity index (χ4v) is 7.76. The van der Waals surface area contributed by atoms with Gasteiger partial charge >= 0.3 is 0 Å². The number of likely N-dealkylation sites (N-methyl/N-ethyl adjacent to an activating group) is 1. The number of amides is 1. The molecule has 1 amide bonds. The van der Waals surface area contributed by atoms with Crippen molar-refractivity contribution < 1.29 is 26.4 Å². The highest BCUT2D eigenvalue weighted by Gasteiger charge is 2.34. The van der Waals surface area contributed by atoms with Gasteiger partial charge in [0.1, 0.15) is 5.75 Å². The number of anilines is 1. The molecule has 2 heterocycles. The summed E-state index contributed by atoms with van der Waals surface area (Å²) in [5.74, 6) is -0.493. The smallest absolute Gasteiger partial charge is 0.243 e. The van der Waals surface area contributed by atoms with Crippen molar-refractivity contribution in [3.63, 3.8) is 0 Å². The summed E-state index contributed by atoms with van der Waals surface area (Å²) in [7, 11) is -4.05. The number of piperidine rings is 1. The van der Waals surface area contributed by atoms with E-state index in [1.54, 1.807) is 12.1 Å². The lowest BCUT2D eigenvalue weighted by molar-refractivity contribution is -0.120. The van der Waals surface area contributed by atoms with E-state index in [2.05, 4.69) is 10.2 Å². The van der Waals surface area contributed by atoms with Gasteiger partial charge in [0.05, 0.1) is 27.8 Å². The zero-order valence-corrected chi connectivity index (χ0v) is 23.2. The molecule has 10 nitrogen and oxygen atoms in total. The third kappa shape index (κ3) is 6.10. The maximum Gasteiger partial charge on any atom is 0.243 e. The highest BCUT2D eigenvalue weighted by Crippen LogP contribution is 2.30. The fraction of sp³-hybridized carbons (Fsp3) is 0.458. The Kier molecular flexibility index (Phi) is 8.46. The van der Waals surface area contributed by atoms with E-state index in [4.69, 9.17) is 16.3 Å². The van der Waals surface area contributed by atoms with Gasteiger partial charge in [-0.15, -0.1) is 0 Å². The number of hydrogen-bond donors (Lipinski definition) is 1. The van der Waals surface area contributed by atoms with Gasteiger partial charge < -0.3 is 15.0 Å². The van der Waals surface area contributed by atoms with Crippen LogP contribution in [-0.4, -0.2) is 89.7 Å². The predicted molar refractivity (Wildman–Crippen MR) is 141 cm³/mol. The van der Waals surface area contributed by atoms with Crippen LogP contribution in [0.3, 0.4) is 0 Å². The Labute approximate surface area is 223 Å². The Morgan fingerprint density at radius 2 is 1.54 bits per heavy atom. The van der Waals surface area contributed by atoms with Gasteiger partial charge in [0, 0.05) is 45.0 Å². The number of hydrogen-bond acceptors (Lipinski definition) is 7. The molecule has 2 fully saturated rings. The Balaban J connectivity index is 1.41. The van der Waals surface area contributed by atoms with Gasteiger partial charge in [0.15, 0.2) is 0 Å². The first kappa shape index (κ1) is 27.8. The van der Waals surface area contributed by atoms with Crippen LogP contribution < -0.4 is 10.1 Å². The lowest BCUT2D eigenvalue weighted by Gasteiger charge is -2.31. The number of carbonyl (C=O) groups is 1. The number of rotatable bonds is 7. The van der Waals surface area contributed by atoms with Crippen molar-refractivity contribution >= 4 is 43.2 Å². The van der Waals surface area contributed by atoms with Crippen LogP contribution in [0.4, 0.5) is 5.69 Å². The second kappa shape index (κ2) is 11.3. The van der Waals surface area contributed by atoms with Crippen LogP contribution in [0.5, 0.6) is 5.75 Å². The third-order valence-corrected chi connectivity index (χ3v) is 10.8. The van der Waals surface area contributed by atoms with Gasteiger partial charge in [0.2, 0.25) is 26.0 Å². The molecule has 1 atom stereocenters. The molecular weight excluding hydrogens is 540 g/mol. The number of methoxy groups -OCH3 is 1. The number of nitrogens with zero attached hydrogens (tertiary/aromatic N) is 3. The average molecular weight is 571 g/mol. The van der Waals surface area contributed by atoms with Crippen molar-refractivity contribution in [1.29, 1.82) is 0 Å². The molecule has 0 bridgehead atoms.